The molecule has 0 radical (unpaired) electrons. The van der Waals surface area contributed by atoms with Gasteiger partial charge in [-0.15, -0.1) is 0 Å². The molecule has 3 amide bonds. The summed E-state index contributed by atoms with van der Waals surface area (Å²) in [5, 5.41) is 6.09. The molecule has 35 heavy (non-hydrogen) atoms. The van der Waals surface area contributed by atoms with Crippen LogP contribution in [-0.4, -0.2) is 74.2 Å². The van der Waals surface area contributed by atoms with Crippen molar-refractivity contribution in [1.29, 1.82) is 0 Å². The number of urea groups is 1. The lowest BCUT2D eigenvalue weighted by atomic mass is 9.89. The van der Waals surface area contributed by atoms with Crippen molar-refractivity contribution in [3.05, 3.63) is 65.2 Å². The Kier molecular flexibility index (Phi) is 9.15. The van der Waals surface area contributed by atoms with Crippen LogP contribution in [0, 0.1) is 0 Å². The van der Waals surface area contributed by atoms with Crippen molar-refractivity contribution in [3.8, 4) is 0 Å². The second-order valence-corrected chi connectivity index (χ2v) is 9.45. The first-order valence-electron chi connectivity index (χ1n) is 13.0. The minimum absolute atomic E-state index is 0.0326. The number of likely N-dealkylation sites (tertiary alicyclic amines) is 1. The van der Waals surface area contributed by atoms with E-state index in [1.54, 1.807) is 0 Å². The van der Waals surface area contributed by atoms with Crippen molar-refractivity contribution in [2.45, 2.75) is 38.5 Å². The maximum absolute atomic E-state index is 12.9. The van der Waals surface area contributed by atoms with Gasteiger partial charge in [-0.25, -0.2) is 4.79 Å². The molecule has 0 bridgehead atoms. The third kappa shape index (κ3) is 7.29. The third-order valence-corrected chi connectivity index (χ3v) is 6.98. The van der Waals surface area contributed by atoms with Gasteiger partial charge < -0.3 is 20.3 Å². The van der Waals surface area contributed by atoms with Crippen molar-refractivity contribution in [2.75, 3.05) is 57.8 Å². The summed E-state index contributed by atoms with van der Waals surface area (Å²) in [5.74, 6) is 0.195. The molecule has 2 aromatic carbocycles. The quantitative estimate of drug-likeness (QED) is 0.560. The van der Waals surface area contributed by atoms with Gasteiger partial charge >= 0.3 is 6.03 Å². The average Bonchev–Trinajstić information content (AvgIpc) is 2.92. The summed E-state index contributed by atoms with van der Waals surface area (Å²) in [6.45, 7) is 8.70. The van der Waals surface area contributed by atoms with Crippen LogP contribution in [0.3, 0.4) is 0 Å². The second kappa shape index (κ2) is 12.7. The fourth-order valence-corrected chi connectivity index (χ4v) is 4.83. The molecule has 2 heterocycles. The van der Waals surface area contributed by atoms with Crippen LogP contribution in [0.25, 0.3) is 0 Å². The molecule has 2 aliphatic rings. The minimum atomic E-state index is -0.0619. The van der Waals surface area contributed by atoms with E-state index in [9.17, 15) is 9.59 Å². The molecule has 0 spiro atoms. The molecule has 188 valence electrons. The summed E-state index contributed by atoms with van der Waals surface area (Å²) in [4.78, 5) is 29.9. The standard InChI is InChI=1S/C28H38N4O3/c1-2-22-9-11-26(12-10-22)30-28(34)32-15-4-8-25(21-32)23-6-3-7-24(20-23)27(33)29-13-5-14-31-16-18-35-19-17-31/h3,6-7,9-12,20,25H,2,4-5,8,13-19,21H2,1H3,(H,29,33)(H,30,34)/t25-/m0/s1. The Balaban J connectivity index is 1.28. The number of aryl methyl sites for hydroxylation is 1. The Morgan fingerprint density at radius 2 is 1.86 bits per heavy atom. The number of benzene rings is 2. The normalized spacial score (nSPS) is 18.8. The molecule has 7 nitrogen and oxygen atoms in total. The number of hydrogen-bond acceptors (Lipinski definition) is 4. The highest BCUT2D eigenvalue weighted by atomic mass is 16.5. The van der Waals surface area contributed by atoms with Gasteiger partial charge in [-0.05, 0) is 67.6 Å². The van der Waals surface area contributed by atoms with Crippen molar-refractivity contribution in [2.24, 2.45) is 0 Å². The van der Waals surface area contributed by atoms with Crippen molar-refractivity contribution < 1.29 is 14.3 Å². The van der Waals surface area contributed by atoms with Crippen molar-refractivity contribution in [3.63, 3.8) is 0 Å². The highest BCUT2D eigenvalue weighted by Gasteiger charge is 2.25. The fraction of sp³-hybridized carbons (Fsp3) is 0.500. The van der Waals surface area contributed by atoms with E-state index in [1.165, 1.54) is 5.56 Å². The monoisotopic (exact) mass is 478 g/mol. The molecule has 0 saturated carbocycles. The van der Waals surface area contributed by atoms with E-state index in [0.717, 1.165) is 76.3 Å². The number of nitrogens with one attached hydrogen (secondary N) is 2. The molecule has 0 unspecified atom stereocenters. The summed E-state index contributed by atoms with van der Waals surface area (Å²) in [6.07, 6.45) is 3.87. The zero-order valence-electron chi connectivity index (χ0n) is 20.8. The van der Waals surface area contributed by atoms with E-state index < -0.39 is 0 Å². The Morgan fingerprint density at radius 1 is 1.06 bits per heavy atom. The van der Waals surface area contributed by atoms with Crippen molar-refractivity contribution >= 4 is 17.6 Å². The molecule has 7 heteroatoms. The molecule has 2 saturated heterocycles. The van der Waals surface area contributed by atoms with Gasteiger partial charge in [0.25, 0.3) is 5.91 Å². The number of anilines is 1. The summed E-state index contributed by atoms with van der Waals surface area (Å²) in [6, 6.07) is 15.8. The van der Waals surface area contributed by atoms with Crippen LogP contribution >= 0.6 is 0 Å². The SMILES string of the molecule is CCc1ccc(NC(=O)N2CCC[C@H](c3cccc(C(=O)NCCCN4CCOCC4)c3)C2)cc1. The molecular formula is C28H38N4O3. The number of ether oxygens (including phenoxy) is 1. The van der Waals surface area contributed by atoms with Crippen LogP contribution in [0.4, 0.5) is 10.5 Å². The predicted molar refractivity (Wildman–Crippen MR) is 139 cm³/mol. The minimum Gasteiger partial charge on any atom is -0.379 e. The van der Waals surface area contributed by atoms with Crippen LogP contribution in [-0.2, 0) is 11.2 Å². The molecule has 0 aromatic heterocycles. The summed E-state index contributed by atoms with van der Waals surface area (Å²) in [5.41, 5.74) is 3.88. The van der Waals surface area contributed by atoms with Gasteiger partial charge in [0.05, 0.1) is 13.2 Å². The topological polar surface area (TPSA) is 73.9 Å². The van der Waals surface area contributed by atoms with Gasteiger partial charge in [0.1, 0.15) is 0 Å². The fourth-order valence-electron chi connectivity index (χ4n) is 4.83. The number of piperidine rings is 1. The van der Waals surface area contributed by atoms with E-state index in [2.05, 4.69) is 28.5 Å². The number of hydrogen-bond donors (Lipinski definition) is 2. The molecule has 2 aliphatic heterocycles. The van der Waals surface area contributed by atoms with E-state index in [0.29, 0.717) is 18.7 Å². The van der Waals surface area contributed by atoms with Gasteiger partial charge in [0, 0.05) is 49.9 Å². The number of nitrogens with zero attached hydrogens (tertiary/aromatic N) is 2. The van der Waals surface area contributed by atoms with Gasteiger partial charge in [0.15, 0.2) is 0 Å². The maximum Gasteiger partial charge on any atom is 0.321 e. The number of carbonyl (C=O) groups excluding carboxylic acids is 2. The number of carbonyl (C=O) groups is 2. The molecule has 2 N–H and O–H groups in total. The molecule has 2 fully saturated rings. The van der Waals surface area contributed by atoms with Crippen LogP contribution in [0.1, 0.15) is 53.6 Å². The Labute approximate surface area is 208 Å². The summed E-state index contributed by atoms with van der Waals surface area (Å²) < 4.78 is 5.38. The first-order valence-corrected chi connectivity index (χ1v) is 13.0. The van der Waals surface area contributed by atoms with E-state index in [1.807, 2.05) is 47.4 Å². The lowest BCUT2D eigenvalue weighted by molar-refractivity contribution is 0.0374. The number of morpholine rings is 1. The first-order chi connectivity index (χ1) is 17.1. The smallest absolute Gasteiger partial charge is 0.321 e. The van der Waals surface area contributed by atoms with Crippen LogP contribution < -0.4 is 10.6 Å². The van der Waals surface area contributed by atoms with Crippen LogP contribution in [0.15, 0.2) is 48.5 Å². The highest BCUT2D eigenvalue weighted by Crippen LogP contribution is 2.28. The number of amides is 3. The van der Waals surface area contributed by atoms with Crippen LogP contribution in [0.2, 0.25) is 0 Å². The summed E-state index contributed by atoms with van der Waals surface area (Å²) >= 11 is 0. The highest BCUT2D eigenvalue weighted by molar-refractivity contribution is 5.94. The molecular weight excluding hydrogens is 440 g/mol. The van der Waals surface area contributed by atoms with Crippen LogP contribution in [0.5, 0.6) is 0 Å². The van der Waals surface area contributed by atoms with Gasteiger partial charge in [-0.1, -0.05) is 31.2 Å². The van der Waals surface area contributed by atoms with E-state index in [4.69, 9.17) is 4.74 Å². The molecule has 4 rings (SSSR count). The predicted octanol–water partition coefficient (Wildman–Crippen LogP) is 4.11. The number of rotatable bonds is 8. The Bertz CT molecular complexity index is 972. The lowest BCUT2D eigenvalue weighted by Gasteiger charge is -2.33. The molecule has 1 atom stereocenters. The van der Waals surface area contributed by atoms with Gasteiger partial charge in [0.2, 0.25) is 0 Å². The summed E-state index contributed by atoms with van der Waals surface area (Å²) in [7, 11) is 0. The van der Waals surface area contributed by atoms with E-state index >= 15 is 0 Å². The lowest BCUT2D eigenvalue weighted by Crippen LogP contribution is -2.41. The Morgan fingerprint density at radius 3 is 2.63 bits per heavy atom. The van der Waals surface area contributed by atoms with E-state index in [-0.39, 0.29) is 17.9 Å². The third-order valence-electron chi connectivity index (χ3n) is 6.98. The maximum atomic E-state index is 12.9. The largest absolute Gasteiger partial charge is 0.379 e. The average molecular weight is 479 g/mol. The van der Waals surface area contributed by atoms with Gasteiger partial charge in [-0.2, -0.15) is 0 Å². The van der Waals surface area contributed by atoms with Crippen molar-refractivity contribution in [1.82, 2.24) is 15.1 Å². The molecule has 2 aromatic rings. The second-order valence-electron chi connectivity index (χ2n) is 9.45. The Hall–Kier alpha value is -2.90. The van der Waals surface area contributed by atoms with Gasteiger partial charge in [-0.3, -0.25) is 9.69 Å². The zero-order valence-corrected chi connectivity index (χ0v) is 20.8. The first kappa shape index (κ1) is 25.2. The zero-order chi connectivity index (χ0) is 24.5. The molecule has 0 aliphatic carbocycles.